The highest BCUT2D eigenvalue weighted by molar-refractivity contribution is 5.90. The van der Waals surface area contributed by atoms with Gasteiger partial charge in [0.25, 0.3) is 5.56 Å². The van der Waals surface area contributed by atoms with E-state index in [4.69, 9.17) is 10.2 Å². The van der Waals surface area contributed by atoms with Crippen LogP contribution in [-0.2, 0) is 6.54 Å². The van der Waals surface area contributed by atoms with Crippen LogP contribution >= 0.6 is 0 Å². The quantitative estimate of drug-likeness (QED) is 0.526. The monoisotopic (exact) mass is 399 g/mol. The average Bonchev–Trinajstić information content (AvgIpc) is 3.16. The molecule has 30 heavy (non-hydrogen) atoms. The first-order valence-electron chi connectivity index (χ1n) is 10.5. The normalized spacial score (nSPS) is 17.4. The summed E-state index contributed by atoms with van der Waals surface area (Å²) in [6.07, 6.45) is 4.25. The van der Waals surface area contributed by atoms with Crippen LogP contribution in [0, 0.1) is 5.92 Å². The van der Waals surface area contributed by atoms with Crippen molar-refractivity contribution in [2.45, 2.75) is 19.4 Å². The third-order valence-corrected chi connectivity index (χ3v) is 5.86. The first kappa shape index (κ1) is 18.8. The van der Waals surface area contributed by atoms with E-state index in [1.165, 1.54) is 6.42 Å². The van der Waals surface area contributed by atoms with Crippen LogP contribution in [0.15, 0.2) is 71.7 Å². The molecule has 1 fully saturated rings. The van der Waals surface area contributed by atoms with Crippen LogP contribution in [0.5, 0.6) is 0 Å². The van der Waals surface area contributed by atoms with Gasteiger partial charge >= 0.3 is 0 Å². The maximum absolute atomic E-state index is 12.6. The molecule has 0 aliphatic carbocycles. The van der Waals surface area contributed by atoms with Gasteiger partial charge in [-0.3, -0.25) is 4.79 Å². The molecule has 4 heterocycles. The fraction of sp³-hybridized carbons (Fsp3) is 0.292. The molecule has 1 aliphatic heterocycles. The lowest BCUT2D eigenvalue weighted by Gasteiger charge is -2.29. The summed E-state index contributed by atoms with van der Waals surface area (Å²) in [5.74, 6) is 0.446. The highest BCUT2D eigenvalue weighted by Gasteiger charge is 2.21. The second-order valence-electron chi connectivity index (χ2n) is 8.13. The number of nitrogens with zero attached hydrogens (tertiary/aromatic N) is 5. The van der Waals surface area contributed by atoms with Crippen LogP contribution < -0.4 is 5.56 Å². The molecule has 4 aromatic rings. The predicted molar refractivity (Wildman–Crippen MR) is 118 cm³/mol. The molecule has 6 heteroatoms. The van der Waals surface area contributed by atoms with Crippen LogP contribution in [-0.4, -0.2) is 44.4 Å². The van der Waals surface area contributed by atoms with E-state index in [1.54, 1.807) is 10.7 Å². The van der Waals surface area contributed by atoms with Gasteiger partial charge in [0.05, 0.1) is 16.8 Å². The summed E-state index contributed by atoms with van der Waals surface area (Å²) >= 11 is 0. The van der Waals surface area contributed by atoms with Crippen molar-refractivity contribution in [1.29, 1.82) is 0 Å². The lowest BCUT2D eigenvalue weighted by Crippen LogP contribution is -2.36. The number of fused-ring (bicyclic) bond motifs is 1. The van der Waals surface area contributed by atoms with E-state index in [-0.39, 0.29) is 5.56 Å². The summed E-state index contributed by atoms with van der Waals surface area (Å²) in [7, 11) is 2.14. The van der Waals surface area contributed by atoms with Gasteiger partial charge in [-0.15, -0.1) is 0 Å². The molecule has 0 amide bonds. The van der Waals surface area contributed by atoms with Gasteiger partial charge < -0.3 is 4.90 Å². The molecular formula is C24H25N5O. The van der Waals surface area contributed by atoms with Gasteiger partial charge in [-0.25, -0.2) is 9.20 Å². The van der Waals surface area contributed by atoms with E-state index in [2.05, 4.69) is 24.1 Å². The number of piperidine rings is 1. The minimum Gasteiger partial charge on any atom is -0.306 e. The van der Waals surface area contributed by atoms with Crippen LogP contribution in [0.4, 0.5) is 0 Å². The van der Waals surface area contributed by atoms with Crippen molar-refractivity contribution in [3.05, 3.63) is 77.2 Å². The standard InChI is InChI=1S/C24H25N5O/c1-27-14-7-8-18(16-27)17-29-22(30)13-12-20(25-29)23-21-11-5-6-15-28(21)26-24(23)19-9-3-2-4-10-19/h2-6,9-13,15,18H,7-8,14,16-17H2,1H3. The molecule has 5 rings (SSSR count). The van der Waals surface area contributed by atoms with E-state index in [9.17, 15) is 4.79 Å². The van der Waals surface area contributed by atoms with Crippen molar-refractivity contribution in [3.63, 3.8) is 0 Å². The molecule has 6 nitrogen and oxygen atoms in total. The number of likely N-dealkylation sites (tertiary alicyclic amines) is 1. The van der Waals surface area contributed by atoms with Gasteiger partial charge in [-0.1, -0.05) is 36.4 Å². The maximum Gasteiger partial charge on any atom is 0.266 e. The molecule has 3 aromatic heterocycles. The Morgan fingerprint density at radius 1 is 1.00 bits per heavy atom. The summed E-state index contributed by atoms with van der Waals surface area (Å²) < 4.78 is 3.52. The maximum atomic E-state index is 12.6. The SMILES string of the molecule is CN1CCCC(Cn2nc(-c3c(-c4ccccc4)nn4ccccc34)ccc2=O)C1. The number of pyridine rings is 1. The number of benzene rings is 1. The second kappa shape index (κ2) is 7.88. The van der Waals surface area contributed by atoms with Gasteiger partial charge in [0.15, 0.2) is 0 Å². The predicted octanol–water partition coefficient (Wildman–Crippen LogP) is 3.57. The van der Waals surface area contributed by atoms with Crippen molar-refractivity contribution < 1.29 is 0 Å². The fourth-order valence-electron chi connectivity index (χ4n) is 4.43. The summed E-state index contributed by atoms with van der Waals surface area (Å²) in [4.78, 5) is 14.9. The molecule has 0 radical (unpaired) electrons. The molecule has 1 aliphatic rings. The van der Waals surface area contributed by atoms with Crippen molar-refractivity contribution in [2.75, 3.05) is 20.1 Å². The molecular weight excluding hydrogens is 374 g/mol. The Kier molecular flexibility index (Phi) is 4.93. The lowest BCUT2D eigenvalue weighted by atomic mass is 9.98. The van der Waals surface area contributed by atoms with E-state index in [0.29, 0.717) is 12.5 Å². The third kappa shape index (κ3) is 3.55. The van der Waals surface area contributed by atoms with Gasteiger partial charge in [-0.05, 0) is 50.6 Å². The molecule has 0 saturated carbocycles. The minimum absolute atomic E-state index is 0.0512. The van der Waals surface area contributed by atoms with Gasteiger partial charge in [0.1, 0.15) is 5.69 Å². The molecule has 1 atom stereocenters. The Balaban J connectivity index is 1.61. The van der Waals surface area contributed by atoms with Gasteiger partial charge in [-0.2, -0.15) is 10.2 Å². The summed E-state index contributed by atoms with van der Waals surface area (Å²) in [5, 5.41) is 9.62. The van der Waals surface area contributed by atoms with E-state index in [0.717, 1.165) is 47.5 Å². The molecule has 1 unspecified atom stereocenters. The first-order chi connectivity index (χ1) is 14.7. The molecule has 0 bridgehead atoms. The Morgan fingerprint density at radius 3 is 2.67 bits per heavy atom. The second-order valence-corrected chi connectivity index (χ2v) is 8.13. The highest BCUT2D eigenvalue weighted by atomic mass is 16.1. The van der Waals surface area contributed by atoms with Gasteiger partial charge in [0, 0.05) is 30.9 Å². The Labute approximate surface area is 175 Å². The van der Waals surface area contributed by atoms with Crippen LogP contribution in [0.3, 0.4) is 0 Å². The van der Waals surface area contributed by atoms with Gasteiger partial charge in [0.2, 0.25) is 0 Å². The number of aromatic nitrogens is 4. The van der Waals surface area contributed by atoms with Crippen molar-refractivity contribution in [1.82, 2.24) is 24.3 Å². The van der Waals surface area contributed by atoms with Crippen molar-refractivity contribution >= 4 is 5.52 Å². The first-order valence-corrected chi connectivity index (χ1v) is 10.5. The summed E-state index contributed by atoms with van der Waals surface area (Å²) in [5.41, 5.74) is 4.56. The molecule has 1 saturated heterocycles. The molecule has 152 valence electrons. The average molecular weight is 399 g/mol. The van der Waals surface area contributed by atoms with Crippen LogP contribution in [0.1, 0.15) is 12.8 Å². The van der Waals surface area contributed by atoms with E-state index >= 15 is 0 Å². The summed E-state index contributed by atoms with van der Waals surface area (Å²) in [6, 6.07) is 19.6. The highest BCUT2D eigenvalue weighted by Crippen LogP contribution is 2.33. The molecule has 0 spiro atoms. The molecule has 0 N–H and O–H groups in total. The smallest absolute Gasteiger partial charge is 0.266 e. The molecule has 1 aromatic carbocycles. The van der Waals surface area contributed by atoms with Crippen LogP contribution in [0.2, 0.25) is 0 Å². The zero-order valence-corrected chi connectivity index (χ0v) is 17.1. The number of hydrogen-bond donors (Lipinski definition) is 0. The third-order valence-electron chi connectivity index (χ3n) is 5.86. The van der Waals surface area contributed by atoms with E-state index in [1.807, 2.05) is 53.2 Å². The summed E-state index contributed by atoms with van der Waals surface area (Å²) in [6.45, 7) is 2.78. The topological polar surface area (TPSA) is 55.4 Å². The zero-order chi connectivity index (χ0) is 20.5. The Morgan fingerprint density at radius 2 is 1.83 bits per heavy atom. The fourth-order valence-corrected chi connectivity index (χ4v) is 4.43. The Bertz CT molecular complexity index is 1230. The van der Waals surface area contributed by atoms with Crippen LogP contribution in [0.25, 0.3) is 28.0 Å². The van der Waals surface area contributed by atoms with Crippen molar-refractivity contribution in [3.8, 4) is 22.5 Å². The van der Waals surface area contributed by atoms with Crippen molar-refractivity contribution in [2.24, 2.45) is 5.92 Å². The largest absolute Gasteiger partial charge is 0.306 e. The Hall–Kier alpha value is -3.25. The minimum atomic E-state index is -0.0512. The lowest BCUT2D eigenvalue weighted by molar-refractivity contribution is 0.189. The number of hydrogen-bond acceptors (Lipinski definition) is 4. The van der Waals surface area contributed by atoms with E-state index < -0.39 is 0 Å². The number of rotatable bonds is 4. The zero-order valence-electron chi connectivity index (χ0n) is 17.1.